The Kier molecular flexibility index (Phi) is 7.56. The molecule has 0 aliphatic carbocycles. The van der Waals surface area contributed by atoms with Crippen molar-refractivity contribution < 1.29 is 19.5 Å². The van der Waals surface area contributed by atoms with E-state index in [-0.39, 0.29) is 29.7 Å². The summed E-state index contributed by atoms with van der Waals surface area (Å²) >= 11 is 1.64. The van der Waals surface area contributed by atoms with E-state index in [4.69, 9.17) is 0 Å². The van der Waals surface area contributed by atoms with E-state index in [0.717, 1.165) is 18.4 Å². The highest BCUT2D eigenvalue weighted by Crippen LogP contribution is 2.72. The van der Waals surface area contributed by atoms with Gasteiger partial charge in [0.15, 0.2) is 0 Å². The second-order valence-corrected chi connectivity index (χ2v) is 15.9. The van der Waals surface area contributed by atoms with Gasteiger partial charge >= 0.3 is 0 Å². The van der Waals surface area contributed by atoms with E-state index >= 15 is 0 Å². The minimum Gasteiger partial charge on any atom is -0.394 e. The first-order valence-electron chi connectivity index (χ1n) is 14.6. The smallest absolute Gasteiger partial charge is 0.244 e. The van der Waals surface area contributed by atoms with Gasteiger partial charge in [-0.2, -0.15) is 0 Å². The van der Waals surface area contributed by atoms with E-state index < -0.39 is 39.0 Å². The topological polar surface area (TPSA) is 98.7 Å². The molecular formula is C33H43N3O4S. The molecule has 41 heavy (non-hydrogen) atoms. The maximum Gasteiger partial charge on any atom is 0.244 e. The zero-order valence-corrected chi connectivity index (χ0v) is 25.8. The highest BCUT2D eigenvalue weighted by molar-refractivity contribution is 8.02. The predicted molar refractivity (Wildman–Crippen MR) is 163 cm³/mol. The zero-order valence-electron chi connectivity index (χ0n) is 24.9. The van der Waals surface area contributed by atoms with Crippen molar-refractivity contribution in [2.24, 2.45) is 17.3 Å². The van der Waals surface area contributed by atoms with Gasteiger partial charge in [-0.15, -0.1) is 11.8 Å². The second kappa shape index (κ2) is 10.5. The van der Waals surface area contributed by atoms with Crippen LogP contribution in [0.4, 0.5) is 5.69 Å². The number of carbonyl (C=O) groups excluding carboxylic acids is 3. The molecular weight excluding hydrogens is 534 g/mol. The van der Waals surface area contributed by atoms with Gasteiger partial charge in [-0.1, -0.05) is 69.3 Å². The average Bonchev–Trinajstić information content (AvgIpc) is 3.45. The molecule has 2 unspecified atom stereocenters. The summed E-state index contributed by atoms with van der Waals surface area (Å²) in [6.45, 7) is 12.2. The summed E-state index contributed by atoms with van der Waals surface area (Å²) in [6, 6.07) is 17.2. The lowest BCUT2D eigenvalue weighted by Gasteiger charge is -2.40. The lowest BCUT2D eigenvalue weighted by molar-refractivity contribution is -0.143. The summed E-state index contributed by atoms with van der Waals surface area (Å²) in [5.74, 6) is -1.92. The molecule has 5 rings (SSSR count). The first kappa shape index (κ1) is 29.6. The van der Waals surface area contributed by atoms with Crippen LogP contribution in [0.5, 0.6) is 0 Å². The Morgan fingerprint density at radius 2 is 1.61 bits per heavy atom. The maximum atomic E-state index is 14.6. The van der Waals surface area contributed by atoms with E-state index in [1.54, 1.807) is 16.7 Å². The molecule has 220 valence electrons. The third-order valence-electron chi connectivity index (χ3n) is 8.91. The largest absolute Gasteiger partial charge is 0.394 e. The predicted octanol–water partition coefficient (Wildman–Crippen LogP) is 5.17. The molecule has 3 aliphatic heterocycles. The van der Waals surface area contributed by atoms with Crippen molar-refractivity contribution in [3.8, 4) is 0 Å². The standard InChI is InChI=1S/C33H43N3O4S/c1-30(2,3)20-31(4,5)35-28(39)26-33-18-17-32(6,41-33)24(27(38)34-22-15-11-8-12-16-22)25(33)29(40)36(26)23(19-37)21-13-9-7-10-14-21/h7-16,23-26,37H,17-20H2,1-6H3,(H,34,38)(H,35,39)/t23-,24+,25+,26?,32-,33?/m1/s1. The fourth-order valence-corrected chi connectivity index (χ4v) is 10.3. The molecule has 1 spiro atoms. The van der Waals surface area contributed by atoms with Crippen LogP contribution in [0.2, 0.25) is 0 Å². The van der Waals surface area contributed by atoms with E-state index in [0.29, 0.717) is 12.1 Å². The van der Waals surface area contributed by atoms with E-state index in [1.165, 1.54) is 0 Å². The monoisotopic (exact) mass is 577 g/mol. The molecule has 3 amide bonds. The Labute approximate surface area is 247 Å². The van der Waals surface area contributed by atoms with E-state index in [1.807, 2.05) is 74.5 Å². The van der Waals surface area contributed by atoms with E-state index in [2.05, 4.69) is 38.3 Å². The Balaban J connectivity index is 1.57. The van der Waals surface area contributed by atoms with Crippen LogP contribution < -0.4 is 10.6 Å². The van der Waals surface area contributed by atoms with Crippen molar-refractivity contribution in [2.75, 3.05) is 11.9 Å². The Bertz CT molecular complexity index is 1310. The number of nitrogens with one attached hydrogen (secondary N) is 2. The number of anilines is 1. The lowest BCUT2D eigenvalue weighted by atomic mass is 9.66. The molecule has 2 aromatic carbocycles. The number of fused-ring (bicyclic) bond motifs is 1. The second-order valence-electron chi connectivity index (χ2n) is 14.0. The molecule has 7 nitrogen and oxygen atoms in total. The zero-order chi connectivity index (χ0) is 29.8. The van der Waals surface area contributed by atoms with Gasteiger partial charge in [0.05, 0.1) is 29.2 Å². The molecule has 3 fully saturated rings. The molecule has 2 bridgehead atoms. The SMILES string of the molecule is CC(C)(C)CC(C)(C)NC(=O)C1N([C@H](CO)c2ccccc2)C(=O)[C@@H]2[C@@H](C(=O)Nc3ccccc3)[C@@]3(C)CCC12S3. The van der Waals surface area contributed by atoms with Gasteiger partial charge in [-0.05, 0) is 63.1 Å². The number of likely N-dealkylation sites (tertiary alicyclic amines) is 1. The van der Waals surface area contributed by atoms with Gasteiger partial charge in [0.2, 0.25) is 17.7 Å². The number of thioether (sulfide) groups is 1. The molecule has 0 saturated carbocycles. The van der Waals surface area contributed by atoms with Gasteiger partial charge in [-0.25, -0.2) is 0 Å². The van der Waals surface area contributed by atoms with Gasteiger partial charge < -0.3 is 20.6 Å². The number of nitrogens with zero attached hydrogens (tertiary/aromatic N) is 1. The Hall–Kier alpha value is -2.84. The van der Waals surface area contributed by atoms with Crippen LogP contribution in [0.15, 0.2) is 60.7 Å². The van der Waals surface area contributed by atoms with Crippen LogP contribution in [0.3, 0.4) is 0 Å². The van der Waals surface area contributed by atoms with Crippen LogP contribution in [-0.2, 0) is 14.4 Å². The van der Waals surface area contributed by atoms with Crippen LogP contribution in [-0.4, -0.2) is 55.4 Å². The maximum absolute atomic E-state index is 14.6. The minimum absolute atomic E-state index is 0.0187. The summed E-state index contributed by atoms with van der Waals surface area (Å²) in [6.07, 6.45) is 2.13. The van der Waals surface area contributed by atoms with Crippen molar-refractivity contribution in [1.82, 2.24) is 10.2 Å². The number of benzene rings is 2. The molecule has 8 heteroatoms. The Morgan fingerprint density at radius 1 is 1.00 bits per heavy atom. The molecule has 0 radical (unpaired) electrons. The summed E-state index contributed by atoms with van der Waals surface area (Å²) in [5, 5.41) is 17.0. The first-order valence-corrected chi connectivity index (χ1v) is 15.4. The number of hydrogen-bond acceptors (Lipinski definition) is 5. The minimum atomic E-state index is -0.821. The highest BCUT2D eigenvalue weighted by atomic mass is 32.2. The molecule has 3 saturated heterocycles. The quantitative estimate of drug-likeness (QED) is 0.402. The fraction of sp³-hybridized carbons (Fsp3) is 0.545. The number of aliphatic hydroxyl groups is 1. The van der Waals surface area contributed by atoms with Crippen molar-refractivity contribution in [3.63, 3.8) is 0 Å². The van der Waals surface area contributed by atoms with Crippen LogP contribution >= 0.6 is 11.8 Å². The molecule has 3 N–H and O–H groups in total. The van der Waals surface area contributed by atoms with E-state index in [9.17, 15) is 19.5 Å². The van der Waals surface area contributed by atoms with Gasteiger partial charge in [-0.3, -0.25) is 14.4 Å². The number of aliphatic hydroxyl groups excluding tert-OH is 1. The first-order chi connectivity index (χ1) is 19.2. The lowest BCUT2D eigenvalue weighted by Crippen LogP contribution is -2.58. The van der Waals surface area contributed by atoms with Gasteiger partial charge in [0.1, 0.15) is 6.04 Å². The molecule has 3 heterocycles. The molecule has 2 aromatic rings. The van der Waals surface area contributed by atoms with Crippen LogP contribution in [0.1, 0.15) is 72.4 Å². The summed E-state index contributed by atoms with van der Waals surface area (Å²) in [7, 11) is 0. The number of rotatable bonds is 8. The fourth-order valence-electron chi connectivity index (χ4n) is 7.94. The van der Waals surface area contributed by atoms with Crippen LogP contribution in [0.25, 0.3) is 0 Å². The highest BCUT2D eigenvalue weighted by Gasteiger charge is 2.77. The van der Waals surface area contributed by atoms with Crippen molar-refractivity contribution in [2.45, 2.75) is 87.9 Å². The number of carbonyl (C=O) groups is 3. The van der Waals surface area contributed by atoms with Gasteiger partial charge in [0.25, 0.3) is 0 Å². The third-order valence-corrected chi connectivity index (χ3v) is 10.9. The summed E-state index contributed by atoms with van der Waals surface area (Å²) < 4.78 is -1.25. The van der Waals surface area contributed by atoms with Crippen molar-refractivity contribution in [3.05, 3.63) is 66.2 Å². The normalized spacial score (nSPS) is 29.8. The summed E-state index contributed by atoms with van der Waals surface area (Å²) in [5.41, 5.74) is 0.911. The molecule has 0 aromatic heterocycles. The Morgan fingerprint density at radius 3 is 2.20 bits per heavy atom. The third kappa shape index (κ3) is 5.29. The average molecular weight is 578 g/mol. The molecule has 3 aliphatic rings. The summed E-state index contributed by atoms with van der Waals surface area (Å²) in [4.78, 5) is 44.6. The van der Waals surface area contributed by atoms with Crippen molar-refractivity contribution in [1.29, 1.82) is 0 Å². The number of para-hydroxylation sites is 1. The number of amides is 3. The van der Waals surface area contributed by atoms with Crippen molar-refractivity contribution >= 4 is 35.2 Å². The van der Waals surface area contributed by atoms with Gasteiger partial charge in [0, 0.05) is 16.0 Å². The van der Waals surface area contributed by atoms with Crippen LogP contribution in [0, 0.1) is 17.3 Å². The molecule has 6 atom stereocenters. The number of hydrogen-bond donors (Lipinski definition) is 3.